The molecule has 1 aromatic carbocycles. The molecule has 0 amide bonds. The van der Waals surface area contributed by atoms with Crippen molar-refractivity contribution in [3.05, 3.63) is 23.8 Å². The van der Waals surface area contributed by atoms with E-state index in [9.17, 15) is 9.90 Å². The van der Waals surface area contributed by atoms with Gasteiger partial charge in [0, 0.05) is 19.6 Å². The Hall–Kier alpha value is -2.08. The van der Waals surface area contributed by atoms with Crippen LogP contribution in [0.5, 0.6) is 0 Å². The molecule has 0 atom stereocenters. The SMILES string of the molecule is CCCN1CCCN(c2nc3c(C(=O)O)cccc3[nH]2)CC1. The van der Waals surface area contributed by atoms with Gasteiger partial charge in [0.05, 0.1) is 11.1 Å². The number of fused-ring (bicyclic) bond motifs is 1. The Kier molecular flexibility index (Phi) is 4.29. The van der Waals surface area contributed by atoms with Crippen molar-refractivity contribution in [3.8, 4) is 0 Å². The molecular formula is C16H22N4O2. The number of aromatic amines is 1. The van der Waals surface area contributed by atoms with Crippen LogP contribution >= 0.6 is 0 Å². The molecule has 22 heavy (non-hydrogen) atoms. The molecule has 0 saturated carbocycles. The number of rotatable bonds is 4. The van der Waals surface area contributed by atoms with E-state index >= 15 is 0 Å². The number of aromatic nitrogens is 2. The number of nitrogens with zero attached hydrogens (tertiary/aromatic N) is 3. The van der Waals surface area contributed by atoms with Gasteiger partial charge < -0.3 is 19.9 Å². The molecule has 0 bridgehead atoms. The topological polar surface area (TPSA) is 72.5 Å². The molecule has 1 fully saturated rings. The summed E-state index contributed by atoms with van der Waals surface area (Å²) >= 11 is 0. The fourth-order valence-corrected chi connectivity index (χ4v) is 3.06. The zero-order valence-corrected chi connectivity index (χ0v) is 12.9. The lowest BCUT2D eigenvalue weighted by Gasteiger charge is -2.20. The molecule has 0 aliphatic carbocycles. The molecule has 1 aliphatic heterocycles. The van der Waals surface area contributed by atoms with Crippen molar-refractivity contribution in [1.82, 2.24) is 14.9 Å². The van der Waals surface area contributed by atoms with E-state index in [4.69, 9.17) is 0 Å². The minimum Gasteiger partial charge on any atom is -0.478 e. The Morgan fingerprint density at radius 1 is 1.32 bits per heavy atom. The predicted octanol–water partition coefficient (Wildman–Crippen LogP) is 2.18. The number of benzene rings is 1. The number of imidazole rings is 1. The molecule has 0 radical (unpaired) electrons. The second kappa shape index (κ2) is 6.36. The van der Waals surface area contributed by atoms with Crippen LogP contribution in [-0.4, -0.2) is 58.7 Å². The van der Waals surface area contributed by atoms with Gasteiger partial charge in [0.2, 0.25) is 5.95 Å². The molecule has 1 aromatic heterocycles. The molecule has 2 aromatic rings. The van der Waals surface area contributed by atoms with Gasteiger partial charge in [-0.05, 0) is 38.1 Å². The van der Waals surface area contributed by atoms with Gasteiger partial charge in [-0.3, -0.25) is 0 Å². The van der Waals surface area contributed by atoms with Gasteiger partial charge in [0.1, 0.15) is 5.52 Å². The number of anilines is 1. The first-order valence-corrected chi connectivity index (χ1v) is 7.88. The number of aromatic carboxylic acids is 1. The smallest absolute Gasteiger partial charge is 0.337 e. The molecule has 0 unspecified atom stereocenters. The quantitative estimate of drug-likeness (QED) is 0.905. The molecule has 1 saturated heterocycles. The normalized spacial score (nSPS) is 16.9. The highest BCUT2D eigenvalue weighted by Gasteiger charge is 2.19. The highest BCUT2D eigenvalue weighted by atomic mass is 16.4. The van der Waals surface area contributed by atoms with Gasteiger partial charge in [-0.15, -0.1) is 0 Å². The van der Waals surface area contributed by atoms with Crippen LogP contribution in [0.15, 0.2) is 18.2 Å². The highest BCUT2D eigenvalue weighted by Crippen LogP contribution is 2.22. The minimum absolute atomic E-state index is 0.252. The van der Waals surface area contributed by atoms with Crippen molar-refractivity contribution in [3.63, 3.8) is 0 Å². The van der Waals surface area contributed by atoms with Crippen LogP contribution in [-0.2, 0) is 0 Å². The molecule has 118 valence electrons. The number of carboxylic acids is 1. The molecular weight excluding hydrogens is 280 g/mol. The maximum absolute atomic E-state index is 11.3. The van der Waals surface area contributed by atoms with Crippen molar-refractivity contribution in [1.29, 1.82) is 0 Å². The van der Waals surface area contributed by atoms with E-state index in [0.29, 0.717) is 5.52 Å². The van der Waals surface area contributed by atoms with Crippen molar-refractivity contribution < 1.29 is 9.90 Å². The summed E-state index contributed by atoms with van der Waals surface area (Å²) in [6, 6.07) is 5.22. The maximum atomic E-state index is 11.3. The molecule has 6 nitrogen and oxygen atoms in total. The summed E-state index contributed by atoms with van der Waals surface area (Å²) in [4.78, 5) is 23.8. The Balaban J connectivity index is 1.84. The number of H-pyrrole nitrogens is 1. The number of carbonyl (C=O) groups is 1. The predicted molar refractivity (Wildman–Crippen MR) is 86.6 cm³/mol. The maximum Gasteiger partial charge on any atom is 0.337 e. The van der Waals surface area contributed by atoms with Crippen LogP contribution in [0.1, 0.15) is 30.1 Å². The molecule has 2 N–H and O–H groups in total. The van der Waals surface area contributed by atoms with Gasteiger partial charge in [-0.25, -0.2) is 9.78 Å². The lowest BCUT2D eigenvalue weighted by molar-refractivity contribution is 0.0699. The van der Waals surface area contributed by atoms with E-state index in [-0.39, 0.29) is 5.56 Å². The lowest BCUT2D eigenvalue weighted by atomic mass is 10.2. The van der Waals surface area contributed by atoms with Gasteiger partial charge in [0.15, 0.2) is 0 Å². The van der Waals surface area contributed by atoms with Crippen molar-refractivity contribution in [2.24, 2.45) is 0 Å². The van der Waals surface area contributed by atoms with Crippen LogP contribution in [0.3, 0.4) is 0 Å². The standard InChI is InChI=1S/C16H22N4O2/c1-2-7-19-8-4-9-20(11-10-19)16-17-13-6-3-5-12(15(21)22)14(13)18-16/h3,5-6H,2,4,7-11H2,1H3,(H,17,18)(H,21,22). The van der Waals surface area contributed by atoms with Crippen LogP contribution in [0.25, 0.3) is 11.0 Å². The summed E-state index contributed by atoms with van der Waals surface area (Å²) < 4.78 is 0. The zero-order valence-electron chi connectivity index (χ0n) is 12.9. The Labute approximate surface area is 129 Å². The molecule has 6 heteroatoms. The third-order valence-electron chi connectivity index (χ3n) is 4.16. The third-order valence-corrected chi connectivity index (χ3v) is 4.16. The number of carboxylic acid groups (broad SMARTS) is 1. The highest BCUT2D eigenvalue weighted by molar-refractivity contribution is 6.01. The number of para-hydroxylation sites is 1. The van der Waals surface area contributed by atoms with E-state index in [1.807, 2.05) is 6.07 Å². The number of hydrogen-bond donors (Lipinski definition) is 2. The first-order valence-electron chi connectivity index (χ1n) is 7.88. The first-order chi connectivity index (χ1) is 10.7. The fourth-order valence-electron chi connectivity index (χ4n) is 3.06. The summed E-state index contributed by atoms with van der Waals surface area (Å²) in [6.07, 6.45) is 2.27. The van der Waals surface area contributed by atoms with E-state index in [1.54, 1.807) is 12.1 Å². The second-order valence-electron chi connectivity index (χ2n) is 5.75. The van der Waals surface area contributed by atoms with Crippen molar-refractivity contribution in [2.75, 3.05) is 37.6 Å². The summed E-state index contributed by atoms with van der Waals surface area (Å²) in [5.41, 5.74) is 1.58. The molecule has 3 rings (SSSR count). The van der Waals surface area contributed by atoms with E-state index in [2.05, 4.69) is 26.7 Å². The lowest BCUT2D eigenvalue weighted by Crippen LogP contribution is -2.31. The van der Waals surface area contributed by atoms with Crippen molar-refractivity contribution in [2.45, 2.75) is 19.8 Å². The average Bonchev–Trinajstić information content (AvgIpc) is 2.80. The molecule has 0 spiro atoms. The largest absolute Gasteiger partial charge is 0.478 e. The van der Waals surface area contributed by atoms with Gasteiger partial charge in [-0.1, -0.05) is 13.0 Å². The van der Waals surface area contributed by atoms with Crippen LogP contribution in [0.4, 0.5) is 5.95 Å². The summed E-state index contributed by atoms with van der Waals surface area (Å²) in [7, 11) is 0. The summed E-state index contributed by atoms with van der Waals surface area (Å²) in [5, 5.41) is 9.27. The van der Waals surface area contributed by atoms with Crippen molar-refractivity contribution >= 4 is 23.0 Å². The fraction of sp³-hybridized carbons (Fsp3) is 0.500. The molecule has 2 heterocycles. The van der Waals surface area contributed by atoms with Crippen LogP contribution < -0.4 is 4.90 Å². The van der Waals surface area contributed by atoms with E-state index in [1.165, 1.54) is 6.42 Å². The number of nitrogens with one attached hydrogen (secondary N) is 1. The second-order valence-corrected chi connectivity index (χ2v) is 5.75. The Morgan fingerprint density at radius 3 is 2.95 bits per heavy atom. The van der Waals surface area contributed by atoms with Crippen LogP contribution in [0, 0.1) is 0 Å². The zero-order chi connectivity index (χ0) is 15.5. The first kappa shape index (κ1) is 14.8. The minimum atomic E-state index is -0.936. The van der Waals surface area contributed by atoms with E-state index in [0.717, 1.165) is 50.6 Å². The van der Waals surface area contributed by atoms with Crippen LogP contribution in [0.2, 0.25) is 0 Å². The monoisotopic (exact) mass is 302 g/mol. The Morgan fingerprint density at radius 2 is 2.18 bits per heavy atom. The summed E-state index contributed by atoms with van der Waals surface area (Å²) in [6.45, 7) is 7.35. The number of hydrogen-bond acceptors (Lipinski definition) is 4. The summed E-state index contributed by atoms with van der Waals surface area (Å²) in [5.74, 6) is -0.157. The van der Waals surface area contributed by atoms with E-state index < -0.39 is 5.97 Å². The average molecular weight is 302 g/mol. The molecule has 1 aliphatic rings. The van der Waals surface area contributed by atoms with Gasteiger partial charge in [-0.2, -0.15) is 0 Å². The van der Waals surface area contributed by atoms with Gasteiger partial charge >= 0.3 is 5.97 Å². The third kappa shape index (κ3) is 2.92. The Bertz CT molecular complexity index is 667. The van der Waals surface area contributed by atoms with Gasteiger partial charge in [0.25, 0.3) is 0 Å².